The summed E-state index contributed by atoms with van der Waals surface area (Å²) in [4.78, 5) is 0. The summed E-state index contributed by atoms with van der Waals surface area (Å²) >= 11 is 30.3. The van der Waals surface area contributed by atoms with Gasteiger partial charge in [0, 0.05) is 0 Å². The van der Waals surface area contributed by atoms with Gasteiger partial charge in [-0.3, -0.25) is 0 Å². The predicted octanol–water partition coefficient (Wildman–Crippen LogP) is 6.21. The highest BCUT2D eigenvalue weighted by Crippen LogP contribution is 2.35. The van der Waals surface area contributed by atoms with E-state index in [9.17, 15) is 0 Å². The van der Waals surface area contributed by atoms with Crippen molar-refractivity contribution in [1.82, 2.24) is 0 Å². The fourth-order valence-electron chi connectivity index (χ4n) is 1.67. The Kier molecular flexibility index (Phi) is 5.75. The van der Waals surface area contributed by atoms with Crippen molar-refractivity contribution in [2.24, 2.45) is 0 Å². The van der Waals surface area contributed by atoms with Crippen LogP contribution in [0.3, 0.4) is 0 Å². The summed E-state index contributed by atoms with van der Waals surface area (Å²) < 4.78 is -1.61. The molecule has 2 aromatic rings. The molecule has 2 nitrogen and oxygen atoms in total. The fourth-order valence-corrected chi connectivity index (χ4v) is 2.38. The van der Waals surface area contributed by atoms with Crippen LogP contribution in [0.15, 0.2) is 48.5 Å². The third-order valence-electron chi connectivity index (χ3n) is 2.67. The molecule has 0 heterocycles. The lowest BCUT2D eigenvalue weighted by Gasteiger charge is -2.29. The van der Waals surface area contributed by atoms with E-state index in [1.54, 1.807) is 24.3 Å². The van der Waals surface area contributed by atoms with Crippen molar-refractivity contribution < 1.29 is 0 Å². The largest absolute Gasteiger partial charge is 0.361 e. The second kappa shape index (κ2) is 7.17. The highest BCUT2D eigenvalue weighted by atomic mass is 35.6. The highest BCUT2D eigenvalue weighted by molar-refractivity contribution is 6.68. The minimum Gasteiger partial charge on any atom is -0.361 e. The summed E-state index contributed by atoms with van der Waals surface area (Å²) in [5, 5.41) is 7.18. The van der Waals surface area contributed by atoms with Crippen molar-refractivity contribution in [2.75, 3.05) is 10.6 Å². The van der Waals surface area contributed by atoms with Crippen molar-refractivity contribution in [3.8, 4) is 0 Å². The first-order valence-corrected chi connectivity index (χ1v) is 7.86. The quantitative estimate of drug-likeness (QED) is 0.483. The number of rotatable bonds is 4. The molecule has 0 bridgehead atoms. The van der Waals surface area contributed by atoms with Crippen molar-refractivity contribution >= 4 is 69.4 Å². The molecule has 2 aromatic carbocycles. The molecule has 0 fully saturated rings. The van der Waals surface area contributed by atoms with Gasteiger partial charge < -0.3 is 10.6 Å². The van der Waals surface area contributed by atoms with Crippen LogP contribution in [-0.2, 0) is 0 Å². The molecule has 112 valence electrons. The smallest absolute Gasteiger partial charge is 0.228 e. The van der Waals surface area contributed by atoms with Gasteiger partial charge in [-0.05, 0) is 24.3 Å². The third kappa shape index (κ3) is 4.73. The second-order valence-corrected chi connectivity index (χ2v) is 7.41. The number of anilines is 2. The maximum Gasteiger partial charge on any atom is 0.228 e. The Balaban J connectivity index is 2.24. The molecule has 0 aliphatic heterocycles. The maximum atomic E-state index is 6.11. The molecule has 0 aliphatic carbocycles. The van der Waals surface area contributed by atoms with E-state index in [0.29, 0.717) is 21.4 Å². The lowest BCUT2D eigenvalue weighted by molar-refractivity contribution is 0.838. The molecule has 0 atom stereocenters. The molecule has 0 saturated carbocycles. The zero-order valence-electron chi connectivity index (χ0n) is 10.6. The molecule has 2 rings (SSSR count). The average Bonchev–Trinajstić information content (AvgIpc) is 2.41. The SMILES string of the molecule is Clc1ccccc1NC(Nc1ccccc1Cl)C(Cl)(Cl)Cl. The Bertz CT molecular complexity index is 565. The number of nitrogens with one attached hydrogen (secondary N) is 2. The lowest BCUT2D eigenvalue weighted by atomic mass is 10.3. The fraction of sp³-hybridized carbons (Fsp3) is 0.143. The van der Waals surface area contributed by atoms with Crippen LogP contribution in [0.4, 0.5) is 11.4 Å². The van der Waals surface area contributed by atoms with Crippen LogP contribution in [0.2, 0.25) is 10.0 Å². The summed E-state index contributed by atoms with van der Waals surface area (Å²) in [6, 6.07) is 14.4. The van der Waals surface area contributed by atoms with Crippen LogP contribution in [-0.4, -0.2) is 9.96 Å². The minimum absolute atomic E-state index is 0.526. The summed E-state index contributed by atoms with van der Waals surface area (Å²) in [6.45, 7) is 0. The van der Waals surface area contributed by atoms with E-state index in [-0.39, 0.29) is 0 Å². The van der Waals surface area contributed by atoms with Gasteiger partial charge in [0.15, 0.2) is 0 Å². The van der Waals surface area contributed by atoms with E-state index in [2.05, 4.69) is 10.6 Å². The molecule has 0 amide bonds. The molecule has 0 saturated heterocycles. The van der Waals surface area contributed by atoms with E-state index < -0.39 is 9.96 Å². The van der Waals surface area contributed by atoms with Crippen LogP contribution >= 0.6 is 58.0 Å². The first kappa shape index (κ1) is 16.9. The number of alkyl halides is 3. The van der Waals surface area contributed by atoms with Gasteiger partial charge in [0.25, 0.3) is 0 Å². The lowest BCUT2D eigenvalue weighted by Crippen LogP contribution is -2.40. The van der Waals surface area contributed by atoms with Gasteiger partial charge in [-0.25, -0.2) is 0 Å². The first-order chi connectivity index (χ1) is 9.88. The number of benzene rings is 2. The summed E-state index contributed by atoms with van der Waals surface area (Å²) in [5.41, 5.74) is 1.30. The summed E-state index contributed by atoms with van der Waals surface area (Å²) in [7, 11) is 0. The standard InChI is InChI=1S/C14H11Cl5N2/c15-9-5-1-3-7-11(9)20-13(14(17,18)19)21-12-8-4-2-6-10(12)16/h1-8,13,20-21H. The topological polar surface area (TPSA) is 24.1 Å². The van der Waals surface area contributed by atoms with Gasteiger partial charge in [-0.15, -0.1) is 0 Å². The number of para-hydroxylation sites is 2. The molecule has 0 radical (unpaired) electrons. The zero-order chi connectivity index (χ0) is 15.5. The van der Waals surface area contributed by atoms with E-state index in [1.807, 2.05) is 24.3 Å². The molecular weight excluding hydrogens is 373 g/mol. The van der Waals surface area contributed by atoms with E-state index in [4.69, 9.17) is 58.0 Å². The predicted molar refractivity (Wildman–Crippen MR) is 94.2 cm³/mol. The Morgan fingerprint density at radius 1 is 0.714 bits per heavy atom. The first-order valence-electron chi connectivity index (χ1n) is 5.97. The van der Waals surface area contributed by atoms with Gasteiger partial charge in [0.1, 0.15) is 6.17 Å². The molecule has 0 aliphatic rings. The number of halogens is 5. The zero-order valence-corrected chi connectivity index (χ0v) is 14.4. The molecular formula is C14H11Cl5N2. The van der Waals surface area contributed by atoms with Crippen LogP contribution in [0, 0.1) is 0 Å². The monoisotopic (exact) mass is 382 g/mol. The third-order valence-corrected chi connectivity index (χ3v) is 3.99. The molecule has 0 unspecified atom stereocenters. The Morgan fingerprint density at radius 3 is 1.43 bits per heavy atom. The van der Waals surface area contributed by atoms with E-state index >= 15 is 0 Å². The molecule has 2 N–H and O–H groups in total. The Hall–Kier alpha value is -0.510. The minimum atomic E-state index is -1.61. The van der Waals surface area contributed by atoms with Crippen LogP contribution in [0.25, 0.3) is 0 Å². The maximum absolute atomic E-state index is 6.11. The highest BCUT2D eigenvalue weighted by Gasteiger charge is 2.33. The van der Waals surface area contributed by atoms with Gasteiger partial charge in [0.05, 0.1) is 21.4 Å². The van der Waals surface area contributed by atoms with Crippen molar-refractivity contribution in [3.63, 3.8) is 0 Å². The van der Waals surface area contributed by atoms with Gasteiger partial charge >= 0.3 is 0 Å². The summed E-state index contributed by atoms with van der Waals surface area (Å²) in [6.07, 6.45) is -0.720. The summed E-state index contributed by atoms with van der Waals surface area (Å²) in [5.74, 6) is 0. The Labute approximate surface area is 148 Å². The van der Waals surface area contributed by atoms with Crippen LogP contribution in [0.1, 0.15) is 0 Å². The van der Waals surface area contributed by atoms with Gasteiger partial charge in [0.2, 0.25) is 3.79 Å². The molecule has 21 heavy (non-hydrogen) atoms. The average molecular weight is 385 g/mol. The van der Waals surface area contributed by atoms with Gasteiger partial charge in [-0.1, -0.05) is 82.3 Å². The van der Waals surface area contributed by atoms with Crippen LogP contribution < -0.4 is 10.6 Å². The van der Waals surface area contributed by atoms with Crippen molar-refractivity contribution in [2.45, 2.75) is 9.96 Å². The van der Waals surface area contributed by atoms with Crippen molar-refractivity contribution in [1.29, 1.82) is 0 Å². The van der Waals surface area contributed by atoms with E-state index in [1.165, 1.54) is 0 Å². The molecule has 0 aromatic heterocycles. The van der Waals surface area contributed by atoms with E-state index in [0.717, 1.165) is 0 Å². The molecule has 0 spiro atoms. The number of hydrogen-bond acceptors (Lipinski definition) is 2. The van der Waals surface area contributed by atoms with Crippen LogP contribution in [0.5, 0.6) is 0 Å². The number of hydrogen-bond donors (Lipinski definition) is 2. The van der Waals surface area contributed by atoms with Crippen molar-refractivity contribution in [3.05, 3.63) is 58.6 Å². The van der Waals surface area contributed by atoms with Gasteiger partial charge in [-0.2, -0.15) is 0 Å². The second-order valence-electron chi connectivity index (χ2n) is 4.22. The normalized spacial score (nSPS) is 11.5. The molecule has 7 heteroatoms. The Morgan fingerprint density at radius 2 is 1.10 bits per heavy atom.